The summed E-state index contributed by atoms with van der Waals surface area (Å²) in [6.45, 7) is 0. The van der Waals surface area contributed by atoms with Crippen LogP contribution in [0.2, 0.25) is 0 Å². The highest BCUT2D eigenvalue weighted by molar-refractivity contribution is 5.98. The minimum Gasteiger partial charge on any atom is -0.399 e. The van der Waals surface area contributed by atoms with Crippen molar-refractivity contribution in [1.29, 1.82) is 0 Å². The average Bonchev–Trinajstić information content (AvgIpc) is 2.71. The first-order chi connectivity index (χ1) is 13.7. The lowest BCUT2D eigenvalue weighted by molar-refractivity contribution is 1.64. The molecule has 0 saturated heterocycles. The molecule has 0 spiro atoms. The van der Waals surface area contributed by atoms with Crippen molar-refractivity contribution in [3.05, 3.63) is 107 Å². The third-order valence-corrected chi connectivity index (χ3v) is 4.72. The molecule has 2 nitrogen and oxygen atoms in total. The lowest BCUT2D eigenvalue weighted by atomic mass is 9.98. The van der Waals surface area contributed by atoms with E-state index in [0.29, 0.717) is 0 Å². The van der Waals surface area contributed by atoms with E-state index in [0.717, 1.165) is 22.5 Å². The fourth-order valence-electron chi connectivity index (χ4n) is 3.35. The summed E-state index contributed by atoms with van der Waals surface area (Å²) < 4.78 is 0. The van der Waals surface area contributed by atoms with Gasteiger partial charge < -0.3 is 11.5 Å². The van der Waals surface area contributed by atoms with E-state index < -0.39 is 0 Å². The van der Waals surface area contributed by atoms with Crippen LogP contribution in [0.25, 0.3) is 35.1 Å². The van der Waals surface area contributed by atoms with Gasteiger partial charge in [-0.25, -0.2) is 0 Å². The topological polar surface area (TPSA) is 52.0 Å². The first kappa shape index (κ1) is 17.6. The number of hydrogen-bond acceptors (Lipinski definition) is 2. The van der Waals surface area contributed by atoms with Gasteiger partial charge in [0.15, 0.2) is 0 Å². The molecule has 2 heteroatoms. The molecule has 136 valence electrons. The molecule has 4 rings (SSSR count). The summed E-state index contributed by atoms with van der Waals surface area (Å²) in [7, 11) is 0. The van der Waals surface area contributed by atoms with Crippen LogP contribution >= 0.6 is 0 Å². The van der Waals surface area contributed by atoms with Crippen LogP contribution in [-0.2, 0) is 0 Å². The Kier molecular flexibility index (Phi) is 4.94. The highest BCUT2D eigenvalue weighted by Gasteiger charge is 2.02. The van der Waals surface area contributed by atoms with Crippen LogP contribution in [0.1, 0.15) is 22.3 Å². The summed E-state index contributed by atoms with van der Waals surface area (Å²) in [5.41, 5.74) is 17.8. The molecule has 0 unspecified atom stereocenters. The van der Waals surface area contributed by atoms with E-state index in [9.17, 15) is 0 Å². The molecule has 0 aromatic heterocycles. The number of nitrogen functional groups attached to an aromatic ring is 2. The molecule has 0 atom stereocenters. The van der Waals surface area contributed by atoms with Gasteiger partial charge in [-0.15, -0.1) is 0 Å². The predicted octanol–water partition coefficient (Wildman–Crippen LogP) is 6.35. The van der Waals surface area contributed by atoms with E-state index in [4.69, 9.17) is 11.5 Å². The fraction of sp³-hybridized carbons (Fsp3) is 0. The minimum absolute atomic E-state index is 0.772. The van der Waals surface area contributed by atoms with Gasteiger partial charge in [-0.05, 0) is 57.3 Å². The molecule has 28 heavy (non-hydrogen) atoms. The van der Waals surface area contributed by atoms with E-state index in [1.165, 1.54) is 21.9 Å². The van der Waals surface area contributed by atoms with E-state index >= 15 is 0 Å². The summed E-state index contributed by atoms with van der Waals surface area (Å²) in [5.74, 6) is 0. The maximum absolute atomic E-state index is 5.88. The van der Waals surface area contributed by atoms with Crippen molar-refractivity contribution in [3.8, 4) is 0 Å². The molecule has 0 saturated carbocycles. The molecule has 4 aromatic carbocycles. The molecule has 0 aliphatic heterocycles. The van der Waals surface area contributed by atoms with Crippen molar-refractivity contribution in [1.82, 2.24) is 0 Å². The van der Waals surface area contributed by atoms with Crippen molar-refractivity contribution in [3.63, 3.8) is 0 Å². The van der Waals surface area contributed by atoms with Gasteiger partial charge in [-0.3, -0.25) is 0 Å². The van der Waals surface area contributed by atoms with Gasteiger partial charge in [0, 0.05) is 11.4 Å². The number of benzene rings is 4. The van der Waals surface area contributed by atoms with Crippen LogP contribution in [-0.4, -0.2) is 0 Å². The van der Waals surface area contributed by atoms with Gasteiger partial charge in [0.05, 0.1) is 0 Å². The molecule has 0 aliphatic carbocycles. The van der Waals surface area contributed by atoms with Crippen molar-refractivity contribution in [2.24, 2.45) is 0 Å². The maximum Gasteiger partial charge on any atom is 0.0319 e. The second kappa shape index (κ2) is 7.85. The molecule has 0 radical (unpaired) electrons. The zero-order chi connectivity index (χ0) is 19.3. The van der Waals surface area contributed by atoms with Crippen LogP contribution < -0.4 is 11.5 Å². The zero-order valence-electron chi connectivity index (χ0n) is 15.5. The van der Waals surface area contributed by atoms with E-state index in [1.807, 2.05) is 36.4 Å². The second-order valence-electron chi connectivity index (χ2n) is 6.80. The summed E-state index contributed by atoms with van der Waals surface area (Å²) in [4.78, 5) is 0. The predicted molar refractivity (Wildman–Crippen MR) is 124 cm³/mol. The zero-order valence-corrected chi connectivity index (χ0v) is 15.5. The van der Waals surface area contributed by atoms with E-state index in [1.54, 1.807) is 0 Å². The third kappa shape index (κ3) is 3.97. The number of rotatable bonds is 4. The van der Waals surface area contributed by atoms with Gasteiger partial charge in [0.2, 0.25) is 0 Å². The van der Waals surface area contributed by atoms with Crippen LogP contribution in [0.5, 0.6) is 0 Å². The summed E-state index contributed by atoms with van der Waals surface area (Å²) >= 11 is 0. The molecule has 4 N–H and O–H groups in total. The van der Waals surface area contributed by atoms with Crippen LogP contribution in [0.3, 0.4) is 0 Å². The van der Waals surface area contributed by atoms with Crippen molar-refractivity contribution in [2.45, 2.75) is 0 Å². The van der Waals surface area contributed by atoms with Crippen LogP contribution in [0.4, 0.5) is 11.4 Å². The Morgan fingerprint density at radius 3 is 1.32 bits per heavy atom. The van der Waals surface area contributed by atoms with Gasteiger partial charge in [-0.2, -0.15) is 0 Å². The van der Waals surface area contributed by atoms with Crippen LogP contribution in [0, 0.1) is 0 Å². The molecular weight excluding hydrogens is 340 g/mol. The van der Waals surface area contributed by atoms with Crippen LogP contribution in [0.15, 0.2) is 84.9 Å². The van der Waals surface area contributed by atoms with E-state index in [-0.39, 0.29) is 0 Å². The Morgan fingerprint density at radius 1 is 0.464 bits per heavy atom. The maximum atomic E-state index is 5.88. The van der Waals surface area contributed by atoms with Gasteiger partial charge in [0.1, 0.15) is 0 Å². The quantitative estimate of drug-likeness (QED) is 0.328. The molecule has 0 aliphatic rings. The lowest BCUT2D eigenvalue weighted by Gasteiger charge is -2.06. The van der Waals surface area contributed by atoms with Crippen molar-refractivity contribution >= 4 is 46.5 Å². The number of hydrogen-bond donors (Lipinski definition) is 2. The Labute approximate surface area is 165 Å². The second-order valence-corrected chi connectivity index (χ2v) is 6.80. The highest BCUT2D eigenvalue weighted by Crippen LogP contribution is 2.26. The van der Waals surface area contributed by atoms with Gasteiger partial charge >= 0.3 is 0 Å². The smallest absolute Gasteiger partial charge is 0.0319 e. The Hall–Kier alpha value is -3.78. The Balaban J connectivity index is 1.70. The standard InChI is InChI=1S/C26H22N2/c27-23-9-1-5-19(17-23)13-15-21-7-3-12-26-22(8-4-11-25(21)26)16-14-20-6-2-10-24(28)18-20/h1-18H,27-28H2. The number of anilines is 2. The largest absolute Gasteiger partial charge is 0.399 e. The summed E-state index contributed by atoms with van der Waals surface area (Å²) in [6.07, 6.45) is 8.48. The molecule has 4 aromatic rings. The highest BCUT2D eigenvalue weighted by atomic mass is 14.5. The summed E-state index contributed by atoms with van der Waals surface area (Å²) in [5, 5.41) is 2.44. The molecule has 0 bridgehead atoms. The summed E-state index contributed by atoms with van der Waals surface area (Å²) in [6, 6.07) is 28.6. The van der Waals surface area contributed by atoms with Gasteiger partial charge in [-0.1, -0.05) is 85.0 Å². The average molecular weight is 362 g/mol. The van der Waals surface area contributed by atoms with Crippen molar-refractivity contribution in [2.75, 3.05) is 11.5 Å². The first-order valence-corrected chi connectivity index (χ1v) is 9.28. The minimum atomic E-state index is 0.772. The molecule has 0 amide bonds. The number of fused-ring (bicyclic) bond motifs is 1. The normalized spacial score (nSPS) is 11.6. The first-order valence-electron chi connectivity index (χ1n) is 9.28. The van der Waals surface area contributed by atoms with Crippen molar-refractivity contribution < 1.29 is 0 Å². The van der Waals surface area contributed by atoms with E-state index in [2.05, 4.69) is 72.8 Å². The van der Waals surface area contributed by atoms with Gasteiger partial charge in [0.25, 0.3) is 0 Å². The molecule has 0 heterocycles. The number of nitrogens with two attached hydrogens (primary N) is 2. The molecule has 0 fully saturated rings. The monoisotopic (exact) mass is 362 g/mol. The fourth-order valence-corrected chi connectivity index (χ4v) is 3.35. The lowest BCUT2D eigenvalue weighted by Crippen LogP contribution is -1.85. The Bertz CT molecular complexity index is 1090. The SMILES string of the molecule is Nc1cccc(C=Cc2cccc3c(C=Cc4cccc(N)c4)cccc23)c1. The Morgan fingerprint density at radius 2 is 0.893 bits per heavy atom. The molecular formula is C26H22N2. The third-order valence-electron chi connectivity index (χ3n) is 4.72.